The lowest BCUT2D eigenvalue weighted by atomic mass is 10.0. The molecule has 0 bridgehead atoms. The molecule has 0 saturated heterocycles. The SMILES string of the molecule is Cc1cc(O)ccc1C[C@H](NS(=O)(=O)c1cccc2cccnc12)C(=O)O. The highest BCUT2D eigenvalue weighted by Gasteiger charge is 2.27. The number of hydrogen-bond acceptors (Lipinski definition) is 5. The minimum Gasteiger partial charge on any atom is -0.508 e. The molecule has 1 aromatic heterocycles. The van der Waals surface area contributed by atoms with Crippen LogP contribution in [0.4, 0.5) is 0 Å². The molecule has 7 nitrogen and oxygen atoms in total. The van der Waals surface area contributed by atoms with Crippen molar-refractivity contribution in [1.82, 2.24) is 9.71 Å². The molecule has 140 valence electrons. The minimum absolute atomic E-state index is 0.0567. The van der Waals surface area contributed by atoms with Crippen molar-refractivity contribution in [3.8, 4) is 5.75 Å². The number of carbonyl (C=O) groups is 1. The van der Waals surface area contributed by atoms with Crippen molar-refractivity contribution in [2.75, 3.05) is 0 Å². The molecule has 0 spiro atoms. The van der Waals surface area contributed by atoms with Crippen LogP contribution in [-0.2, 0) is 21.2 Å². The molecule has 0 amide bonds. The molecule has 8 heteroatoms. The first-order valence-corrected chi connectivity index (χ1v) is 9.63. The number of phenols is 1. The van der Waals surface area contributed by atoms with Gasteiger partial charge in [0.1, 0.15) is 16.7 Å². The molecule has 0 aliphatic carbocycles. The van der Waals surface area contributed by atoms with Crippen LogP contribution in [-0.4, -0.2) is 35.6 Å². The topological polar surface area (TPSA) is 117 Å². The number of sulfonamides is 1. The fraction of sp³-hybridized carbons (Fsp3) is 0.158. The normalized spacial score (nSPS) is 12.8. The van der Waals surface area contributed by atoms with Gasteiger partial charge in [0.15, 0.2) is 0 Å². The van der Waals surface area contributed by atoms with Crippen LogP contribution < -0.4 is 4.72 Å². The average Bonchev–Trinajstić information content (AvgIpc) is 2.62. The van der Waals surface area contributed by atoms with Gasteiger partial charge in [0.2, 0.25) is 10.0 Å². The summed E-state index contributed by atoms with van der Waals surface area (Å²) in [5.74, 6) is -1.23. The summed E-state index contributed by atoms with van der Waals surface area (Å²) in [6.07, 6.45) is 1.43. The van der Waals surface area contributed by atoms with Crippen molar-refractivity contribution < 1.29 is 23.4 Å². The van der Waals surface area contributed by atoms with Gasteiger partial charge in [-0.25, -0.2) is 8.42 Å². The third kappa shape index (κ3) is 4.07. The predicted octanol–water partition coefficient (Wildman–Crippen LogP) is 2.22. The molecule has 3 aromatic rings. The minimum atomic E-state index is -4.11. The molecule has 1 heterocycles. The van der Waals surface area contributed by atoms with Crippen molar-refractivity contribution in [2.24, 2.45) is 0 Å². The van der Waals surface area contributed by atoms with E-state index >= 15 is 0 Å². The van der Waals surface area contributed by atoms with Gasteiger partial charge in [-0.2, -0.15) is 4.72 Å². The number of carboxylic acid groups (broad SMARTS) is 1. The number of phenolic OH excluding ortho intramolecular Hbond substituents is 1. The van der Waals surface area contributed by atoms with Crippen LogP contribution in [0.15, 0.2) is 59.6 Å². The standard InChI is InChI=1S/C19H18N2O5S/c1-12-10-15(22)8-7-14(12)11-16(19(23)24)21-27(25,26)17-6-2-4-13-5-3-9-20-18(13)17/h2-10,16,21-22H,11H2,1H3,(H,23,24)/t16-/m0/s1. The fourth-order valence-corrected chi connectivity index (χ4v) is 4.22. The molecule has 0 fully saturated rings. The molecule has 0 saturated carbocycles. The van der Waals surface area contributed by atoms with E-state index in [1.54, 1.807) is 37.3 Å². The van der Waals surface area contributed by atoms with E-state index in [9.17, 15) is 23.4 Å². The zero-order valence-corrected chi connectivity index (χ0v) is 15.3. The molecule has 1 atom stereocenters. The van der Waals surface area contributed by atoms with Gasteiger partial charge < -0.3 is 10.2 Å². The summed E-state index contributed by atoms with van der Waals surface area (Å²) >= 11 is 0. The van der Waals surface area contributed by atoms with E-state index < -0.39 is 22.0 Å². The average molecular weight is 386 g/mol. The zero-order chi connectivity index (χ0) is 19.6. The highest BCUT2D eigenvalue weighted by Crippen LogP contribution is 2.22. The van der Waals surface area contributed by atoms with Crippen LogP contribution in [0.1, 0.15) is 11.1 Å². The van der Waals surface area contributed by atoms with Crippen LogP contribution >= 0.6 is 0 Å². The molecular formula is C19H18N2O5S. The van der Waals surface area contributed by atoms with E-state index in [2.05, 4.69) is 9.71 Å². The van der Waals surface area contributed by atoms with Crippen LogP contribution in [0.5, 0.6) is 5.75 Å². The molecular weight excluding hydrogens is 368 g/mol. The van der Waals surface area contributed by atoms with E-state index in [1.165, 1.54) is 24.4 Å². The second-order valence-corrected chi connectivity index (χ2v) is 7.84. The maximum absolute atomic E-state index is 12.8. The van der Waals surface area contributed by atoms with Crippen molar-refractivity contribution in [3.05, 3.63) is 65.9 Å². The number of aryl methyl sites for hydroxylation is 1. The summed E-state index contributed by atoms with van der Waals surface area (Å²) in [7, 11) is -4.11. The van der Waals surface area contributed by atoms with E-state index in [-0.39, 0.29) is 22.6 Å². The van der Waals surface area contributed by atoms with Gasteiger partial charge in [-0.05, 0) is 48.7 Å². The highest BCUT2D eigenvalue weighted by atomic mass is 32.2. The van der Waals surface area contributed by atoms with Gasteiger partial charge in [-0.15, -0.1) is 0 Å². The number of para-hydroxylation sites is 1. The van der Waals surface area contributed by atoms with Gasteiger partial charge in [0.05, 0.1) is 5.52 Å². The summed E-state index contributed by atoms with van der Waals surface area (Å²) < 4.78 is 27.9. The molecule has 3 rings (SSSR count). The lowest BCUT2D eigenvalue weighted by Crippen LogP contribution is -2.42. The second kappa shape index (κ2) is 7.34. The van der Waals surface area contributed by atoms with Gasteiger partial charge in [0, 0.05) is 11.6 Å². The predicted molar refractivity (Wildman–Crippen MR) is 100 cm³/mol. The second-order valence-electron chi connectivity index (χ2n) is 6.16. The van der Waals surface area contributed by atoms with Gasteiger partial charge in [-0.3, -0.25) is 9.78 Å². The number of aromatic nitrogens is 1. The smallest absolute Gasteiger partial charge is 0.322 e. The highest BCUT2D eigenvalue weighted by molar-refractivity contribution is 7.89. The van der Waals surface area contributed by atoms with Crippen LogP contribution in [0.2, 0.25) is 0 Å². The number of benzene rings is 2. The summed E-state index contributed by atoms with van der Waals surface area (Å²) in [5, 5.41) is 19.6. The van der Waals surface area contributed by atoms with Crippen molar-refractivity contribution in [3.63, 3.8) is 0 Å². The Morgan fingerprint density at radius 3 is 2.63 bits per heavy atom. The third-order valence-corrected chi connectivity index (χ3v) is 5.73. The maximum Gasteiger partial charge on any atom is 0.322 e. The van der Waals surface area contributed by atoms with Crippen molar-refractivity contribution in [1.29, 1.82) is 0 Å². The first-order valence-electron chi connectivity index (χ1n) is 8.15. The molecule has 3 N–H and O–H groups in total. The summed E-state index contributed by atoms with van der Waals surface area (Å²) in [4.78, 5) is 15.7. The Hall–Kier alpha value is -2.97. The van der Waals surface area contributed by atoms with Crippen LogP contribution in [0, 0.1) is 6.92 Å². The van der Waals surface area contributed by atoms with Gasteiger partial charge in [0.25, 0.3) is 0 Å². The molecule has 0 unspecified atom stereocenters. The number of pyridine rings is 1. The Labute approximate surface area is 156 Å². The van der Waals surface area contributed by atoms with Gasteiger partial charge in [-0.1, -0.05) is 24.3 Å². The third-order valence-electron chi connectivity index (χ3n) is 4.23. The number of fused-ring (bicyclic) bond motifs is 1. The van der Waals surface area contributed by atoms with Gasteiger partial charge >= 0.3 is 5.97 Å². The number of hydrogen-bond donors (Lipinski definition) is 3. The van der Waals surface area contributed by atoms with Crippen molar-refractivity contribution >= 4 is 26.9 Å². The summed E-state index contributed by atoms with van der Waals surface area (Å²) in [6.45, 7) is 1.72. The zero-order valence-electron chi connectivity index (χ0n) is 14.5. The number of nitrogens with zero attached hydrogens (tertiary/aromatic N) is 1. The Morgan fingerprint density at radius 2 is 1.93 bits per heavy atom. The van der Waals surface area contributed by atoms with Crippen molar-refractivity contribution in [2.45, 2.75) is 24.3 Å². The lowest BCUT2D eigenvalue weighted by molar-refractivity contribution is -0.138. The number of carboxylic acids is 1. The van der Waals surface area contributed by atoms with Crippen LogP contribution in [0.25, 0.3) is 10.9 Å². The van der Waals surface area contributed by atoms with E-state index in [1.807, 2.05) is 0 Å². The Kier molecular flexibility index (Phi) is 5.11. The van der Waals surface area contributed by atoms with E-state index in [4.69, 9.17) is 0 Å². The quantitative estimate of drug-likeness (QED) is 0.598. The first kappa shape index (κ1) is 18.8. The number of aromatic hydroxyl groups is 1. The fourth-order valence-electron chi connectivity index (χ4n) is 2.85. The Bertz CT molecular complexity index is 1110. The molecule has 0 aliphatic rings. The van der Waals surface area contributed by atoms with E-state index in [0.717, 1.165) is 0 Å². The van der Waals surface area contributed by atoms with E-state index in [0.29, 0.717) is 16.5 Å². The number of aliphatic carboxylic acids is 1. The Balaban J connectivity index is 1.94. The molecule has 2 aromatic carbocycles. The molecule has 0 aliphatic heterocycles. The molecule has 0 radical (unpaired) electrons. The Morgan fingerprint density at radius 1 is 1.19 bits per heavy atom. The summed E-state index contributed by atoms with van der Waals surface area (Å²) in [6, 6.07) is 11.3. The number of nitrogens with one attached hydrogen (secondary N) is 1. The monoisotopic (exact) mass is 386 g/mol. The maximum atomic E-state index is 12.8. The van der Waals surface area contributed by atoms with Crippen LogP contribution in [0.3, 0.4) is 0 Å². The number of rotatable bonds is 6. The lowest BCUT2D eigenvalue weighted by Gasteiger charge is -2.17. The molecule has 27 heavy (non-hydrogen) atoms. The first-order chi connectivity index (χ1) is 12.8. The largest absolute Gasteiger partial charge is 0.508 e. The summed E-state index contributed by atoms with van der Waals surface area (Å²) in [5.41, 5.74) is 1.57.